The van der Waals surface area contributed by atoms with Crippen molar-refractivity contribution in [2.24, 2.45) is 11.7 Å². The Morgan fingerprint density at radius 1 is 1.78 bits per heavy atom. The second-order valence-electron chi connectivity index (χ2n) is 3.21. The Bertz CT molecular complexity index is 90.9. The van der Waals surface area contributed by atoms with Gasteiger partial charge in [0, 0.05) is 18.6 Å². The molecule has 0 heterocycles. The molecule has 3 atom stereocenters. The molecule has 54 valence electrons. The van der Waals surface area contributed by atoms with Crippen molar-refractivity contribution in [1.82, 2.24) is 5.32 Å². The average molecular weight is 128 g/mol. The van der Waals surface area contributed by atoms with Crippen LogP contribution in [0.1, 0.15) is 20.3 Å². The lowest BCUT2D eigenvalue weighted by Crippen LogP contribution is -2.32. The minimum absolute atomic E-state index is 0.304. The Morgan fingerprint density at radius 2 is 2.33 bits per heavy atom. The second-order valence-corrected chi connectivity index (χ2v) is 3.21. The molecule has 2 heteroatoms. The first-order valence-corrected chi connectivity index (χ1v) is 3.69. The predicted molar refractivity (Wildman–Crippen MR) is 39.2 cm³/mol. The molecule has 0 radical (unpaired) electrons. The highest BCUT2D eigenvalue weighted by Crippen LogP contribution is 2.28. The lowest BCUT2D eigenvalue weighted by Gasteiger charge is -2.04. The summed E-state index contributed by atoms with van der Waals surface area (Å²) in [4.78, 5) is 0. The monoisotopic (exact) mass is 128 g/mol. The summed E-state index contributed by atoms with van der Waals surface area (Å²) in [6.07, 6.45) is 1.34. The van der Waals surface area contributed by atoms with Crippen LogP contribution in [0.25, 0.3) is 0 Å². The minimum Gasteiger partial charge on any atom is -0.327 e. The van der Waals surface area contributed by atoms with Gasteiger partial charge >= 0.3 is 0 Å². The lowest BCUT2D eigenvalue weighted by molar-refractivity contribution is 0.587. The van der Waals surface area contributed by atoms with E-state index in [4.69, 9.17) is 5.73 Å². The Morgan fingerprint density at radius 3 is 2.67 bits per heavy atom. The number of hydrogen-bond donors (Lipinski definition) is 2. The Kier molecular flexibility index (Phi) is 2.09. The van der Waals surface area contributed by atoms with E-state index in [0.29, 0.717) is 6.04 Å². The molecule has 1 aliphatic rings. The zero-order valence-electron chi connectivity index (χ0n) is 6.22. The highest BCUT2D eigenvalue weighted by Gasteiger charge is 2.31. The first-order valence-electron chi connectivity index (χ1n) is 3.69. The fourth-order valence-corrected chi connectivity index (χ4v) is 0.944. The van der Waals surface area contributed by atoms with Gasteiger partial charge in [0.05, 0.1) is 0 Å². The molecule has 0 aromatic rings. The van der Waals surface area contributed by atoms with Crippen LogP contribution >= 0.6 is 0 Å². The third kappa shape index (κ3) is 2.33. The van der Waals surface area contributed by atoms with E-state index in [1.54, 1.807) is 0 Å². The molecule has 1 saturated carbocycles. The normalized spacial score (nSPS) is 36.3. The molecule has 0 saturated heterocycles. The largest absolute Gasteiger partial charge is 0.327 e. The van der Waals surface area contributed by atoms with Gasteiger partial charge in [0.15, 0.2) is 0 Å². The van der Waals surface area contributed by atoms with E-state index in [1.807, 2.05) is 6.92 Å². The third-order valence-corrected chi connectivity index (χ3v) is 1.81. The van der Waals surface area contributed by atoms with E-state index < -0.39 is 0 Å². The van der Waals surface area contributed by atoms with Crippen molar-refractivity contribution >= 4 is 0 Å². The van der Waals surface area contributed by atoms with Gasteiger partial charge in [0.1, 0.15) is 0 Å². The maximum Gasteiger partial charge on any atom is 0.0136 e. The van der Waals surface area contributed by atoms with Crippen molar-refractivity contribution < 1.29 is 0 Å². The SMILES string of the molecule is CC1CC1NC[C@@H](C)N. The summed E-state index contributed by atoms with van der Waals surface area (Å²) in [6.45, 7) is 5.26. The van der Waals surface area contributed by atoms with Crippen LogP contribution < -0.4 is 11.1 Å². The van der Waals surface area contributed by atoms with Crippen LogP contribution in [-0.4, -0.2) is 18.6 Å². The number of nitrogens with two attached hydrogens (primary N) is 1. The maximum absolute atomic E-state index is 5.55. The topological polar surface area (TPSA) is 38.0 Å². The van der Waals surface area contributed by atoms with Gasteiger partial charge < -0.3 is 11.1 Å². The average Bonchev–Trinajstić information content (AvgIpc) is 2.42. The molecule has 0 spiro atoms. The molecule has 2 nitrogen and oxygen atoms in total. The molecule has 0 aromatic heterocycles. The van der Waals surface area contributed by atoms with Gasteiger partial charge in [-0.2, -0.15) is 0 Å². The van der Waals surface area contributed by atoms with Crippen molar-refractivity contribution in [3.8, 4) is 0 Å². The summed E-state index contributed by atoms with van der Waals surface area (Å²) in [7, 11) is 0. The molecular formula is C7H16N2. The van der Waals surface area contributed by atoms with E-state index in [-0.39, 0.29) is 0 Å². The zero-order valence-corrected chi connectivity index (χ0v) is 6.22. The van der Waals surface area contributed by atoms with Crippen LogP contribution in [0.15, 0.2) is 0 Å². The first kappa shape index (κ1) is 7.03. The highest BCUT2D eigenvalue weighted by atomic mass is 15.0. The van der Waals surface area contributed by atoms with E-state index in [9.17, 15) is 0 Å². The van der Waals surface area contributed by atoms with E-state index >= 15 is 0 Å². The van der Waals surface area contributed by atoms with Crippen LogP contribution in [0.3, 0.4) is 0 Å². The molecule has 1 fully saturated rings. The van der Waals surface area contributed by atoms with Crippen molar-refractivity contribution in [1.29, 1.82) is 0 Å². The predicted octanol–water partition coefficient (Wildman–Crippen LogP) is 0.332. The van der Waals surface area contributed by atoms with Crippen molar-refractivity contribution in [2.45, 2.75) is 32.4 Å². The molecule has 0 amide bonds. The van der Waals surface area contributed by atoms with Gasteiger partial charge in [0.25, 0.3) is 0 Å². The Labute approximate surface area is 56.8 Å². The van der Waals surface area contributed by atoms with Crippen LogP contribution in [0, 0.1) is 5.92 Å². The van der Waals surface area contributed by atoms with Crippen molar-refractivity contribution in [3.63, 3.8) is 0 Å². The quantitative estimate of drug-likeness (QED) is 0.575. The van der Waals surface area contributed by atoms with E-state index in [1.165, 1.54) is 6.42 Å². The molecule has 0 aromatic carbocycles. The minimum atomic E-state index is 0.304. The summed E-state index contributed by atoms with van der Waals surface area (Å²) >= 11 is 0. The summed E-state index contributed by atoms with van der Waals surface area (Å²) in [6, 6.07) is 1.08. The molecular weight excluding hydrogens is 112 g/mol. The number of hydrogen-bond acceptors (Lipinski definition) is 2. The van der Waals surface area contributed by atoms with Crippen molar-refractivity contribution in [2.75, 3.05) is 6.54 Å². The van der Waals surface area contributed by atoms with E-state index in [2.05, 4.69) is 12.2 Å². The zero-order chi connectivity index (χ0) is 6.85. The third-order valence-electron chi connectivity index (χ3n) is 1.81. The Balaban J connectivity index is 1.94. The molecule has 0 aliphatic heterocycles. The van der Waals surface area contributed by atoms with Crippen LogP contribution in [0.2, 0.25) is 0 Å². The summed E-state index contributed by atoms with van der Waals surface area (Å²) in [5, 5.41) is 3.38. The highest BCUT2D eigenvalue weighted by molar-refractivity contribution is 4.89. The van der Waals surface area contributed by atoms with Gasteiger partial charge in [-0.25, -0.2) is 0 Å². The van der Waals surface area contributed by atoms with Crippen LogP contribution in [0.4, 0.5) is 0 Å². The van der Waals surface area contributed by atoms with Gasteiger partial charge in [-0.1, -0.05) is 6.92 Å². The van der Waals surface area contributed by atoms with Gasteiger partial charge in [-0.15, -0.1) is 0 Å². The smallest absolute Gasteiger partial charge is 0.0136 e. The van der Waals surface area contributed by atoms with Crippen LogP contribution in [-0.2, 0) is 0 Å². The summed E-state index contributed by atoms with van der Waals surface area (Å²) < 4.78 is 0. The summed E-state index contributed by atoms with van der Waals surface area (Å²) in [5.74, 6) is 0.892. The molecule has 2 unspecified atom stereocenters. The summed E-state index contributed by atoms with van der Waals surface area (Å²) in [5.41, 5.74) is 5.55. The fraction of sp³-hybridized carbons (Fsp3) is 1.00. The standard InChI is InChI=1S/C7H16N2/c1-5-3-7(5)9-4-6(2)8/h5-7,9H,3-4,8H2,1-2H3/t5?,6-,7?/m1/s1. The molecule has 9 heavy (non-hydrogen) atoms. The second kappa shape index (κ2) is 2.67. The molecule has 1 rings (SSSR count). The molecule has 0 bridgehead atoms. The Hall–Kier alpha value is -0.0800. The van der Waals surface area contributed by atoms with Gasteiger partial charge in [-0.05, 0) is 19.3 Å². The molecule has 3 N–H and O–H groups in total. The molecule has 1 aliphatic carbocycles. The maximum atomic E-state index is 5.55. The number of rotatable bonds is 3. The van der Waals surface area contributed by atoms with E-state index in [0.717, 1.165) is 18.5 Å². The van der Waals surface area contributed by atoms with Crippen LogP contribution in [0.5, 0.6) is 0 Å². The fourth-order valence-electron chi connectivity index (χ4n) is 0.944. The van der Waals surface area contributed by atoms with Crippen molar-refractivity contribution in [3.05, 3.63) is 0 Å². The first-order chi connectivity index (χ1) is 4.20. The van der Waals surface area contributed by atoms with Gasteiger partial charge in [0.2, 0.25) is 0 Å². The number of nitrogens with one attached hydrogen (secondary N) is 1. The van der Waals surface area contributed by atoms with Gasteiger partial charge in [-0.3, -0.25) is 0 Å². The lowest BCUT2D eigenvalue weighted by atomic mass is 10.3.